The van der Waals surface area contributed by atoms with Crippen molar-refractivity contribution in [3.8, 4) is 0 Å². The lowest BCUT2D eigenvalue weighted by Crippen LogP contribution is -2.46. The van der Waals surface area contributed by atoms with Crippen LogP contribution < -0.4 is 10.9 Å². The largest absolute Gasteiger partial charge is 0.365 e. The van der Waals surface area contributed by atoms with Crippen LogP contribution in [0.15, 0.2) is 35.3 Å². The molecule has 0 radical (unpaired) electrons. The molecular weight excluding hydrogens is 425 g/mol. The first-order chi connectivity index (χ1) is 16.0. The van der Waals surface area contributed by atoms with Crippen molar-refractivity contribution in [2.24, 2.45) is 0 Å². The summed E-state index contributed by atoms with van der Waals surface area (Å²) in [6, 6.07) is 6.02. The quantitative estimate of drug-likeness (QED) is 0.581. The molecular formula is C24H26FN5O3. The standard InChI is InChI=1S/C24H26FN5O3/c25-15-5-6-17-18(13-15)22-19(7-9-26-24(22)33)28-23(17)27-16-3-1-11-30(14-16)21(32)8-12-29-10-2-4-20(29)31/h5-7,9,13,16H,1-4,8,10-12,14H2,(H,26,33)(H,27,28)/t16-/m1/s1. The fraction of sp³-hybridized carbons (Fsp3) is 0.417. The van der Waals surface area contributed by atoms with Crippen LogP contribution in [0.5, 0.6) is 0 Å². The van der Waals surface area contributed by atoms with Crippen molar-refractivity contribution in [2.75, 3.05) is 31.5 Å². The minimum absolute atomic E-state index is 0.0173. The van der Waals surface area contributed by atoms with E-state index in [-0.39, 0.29) is 23.4 Å². The normalized spacial score (nSPS) is 18.9. The average Bonchev–Trinajstić information content (AvgIpc) is 3.22. The zero-order valence-corrected chi connectivity index (χ0v) is 18.3. The Morgan fingerprint density at radius 1 is 1.18 bits per heavy atom. The topological polar surface area (TPSA) is 98.4 Å². The van der Waals surface area contributed by atoms with Crippen LogP contribution in [0.2, 0.25) is 0 Å². The summed E-state index contributed by atoms with van der Waals surface area (Å²) in [4.78, 5) is 47.9. The van der Waals surface area contributed by atoms with Gasteiger partial charge in [-0.1, -0.05) is 0 Å². The molecule has 2 amide bonds. The van der Waals surface area contributed by atoms with Gasteiger partial charge in [0.25, 0.3) is 5.56 Å². The maximum absolute atomic E-state index is 14.0. The van der Waals surface area contributed by atoms with Crippen LogP contribution in [-0.2, 0) is 9.59 Å². The number of hydrogen-bond acceptors (Lipinski definition) is 5. The van der Waals surface area contributed by atoms with Crippen LogP contribution in [-0.4, -0.2) is 63.8 Å². The van der Waals surface area contributed by atoms with Gasteiger partial charge in [-0.25, -0.2) is 9.37 Å². The van der Waals surface area contributed by atoms with Gasteiger partial charge in [0.15, 0.2) is 0 Å². The number of halogens is 1. The van der Waals surface area contributed by atoms with Crippen LogP contribution in [0, 0.1) is 5.82 Å². The van der Waals surface area contributed by atoms with Gasteiger partial charge in [0.2, 0.25) is 11.8 Å². The minimum Gasteiger partial charge on any atom is -0.365 e. The Morgan fingerprint density at radius 2 is 2.06 bits per heavy atom. The van der Waals surface area contributed by atoms with E-state index in [2.05, 4.69) is 15.3 Å². The molecule has 1 aromatic carbocycles. The Morgan fingerprint density at radius 3 is 2.88 bits per heavy atom. The Kier molecular flexibility index (Phi) is 5.70. The molecule has 2 aromatic heterocycles. The van der Waals surface area contributed by atoms with E-state index in [1.165, 1.54) is 18.3 Å². The highest BCUT2D eigenvalue weighted by molar-refractivity contribution is 6.09. The molecule has 0 saturated carbocycles. The molecule has 3 aromatic rings. The summed E-state index contributed by atoms with van der Waals surface area (Å²) in [6.45, 7) is 2.44. The van der Waals surface area contributed by atoms with Crippen LogP contribution in [0.1, 0.15) is 32.1 Å². The third kappa shape index (κ3) is 4.27. The smallest absolute Gasteiger partial charge is 0.258 e. The van der Waals surface area contributed by atoms with Crippen molar-refractivity contribution >= 4 is 39.3 Å². The Balaban J connectivity index is 1.35. The SMILES string of the molecule is O=C1CCCN1CCC(=O)N1CCC[C@@H](Nc2nc3cc[nH]c(=O)c3c3cc(F)ccc23)C1. The number of H-pyrrole nitrogens is 1. The molecule has 1 atom stereocenters. The Bertz CT molecular complexity index is 1290. The molecule has 2 aliphatic rings. The highest BCUT2D eigenvalue weighted by Crippen LogP contribution is 2.29. The van der Waals surface area contributed by atoms with E-state index in [4.69, 9.17) is 0 Å². The van der Waals surface area contributed by atoms with E-state index < -0.39 is 5.82 Å². The van der Waals surface area contributed by atoms with Crippen LogP contribution >= 0.6 is 0 Å². The number of carbonyl (C=O) groups excluding carboxylic acids is 2. The summed E-state index contributed by atoms with van der Waals surface area (Å²) < 4.78 is 14.0. The molecule has 2 fully saturated rings. The maximum atomic E-state index is 14.0. The van der Waals surface area contributed by atoms with E-state index in [1.54, 1.807) is 17.0 Å². The third-order valence-corrected chi connectivity index (χ3v) is 6.56. The predicted molar refractivity (Wildman–Crippen MR) is 123 cm³/mol. The number of hydrogen-bond donors (Lipinski definition) is 2. The highest BCUT2D eigenvalue weighted by atomic mass is 19.1. The number of likely N-dealkylation sites (tertiary alicyclic amines) is 2. The zero-order chi connectivity index (χ0) is 22.9. The van der Waals surface area contributed by atoms with Gasteiger partial charge < -0.3 is 20.1 Å². The van der Waals surface area contributed by atoms with Crippen LogP contribution in [0.25, 0.3) is 21.7 Å². The van der Waals surface area contributed by atoms with Gasteiger partial charge in [0.1, 0.15) is 11.6 Å². The van der Waals surface area contributed by atoms with Crippen molar-refractivity contribution in [1.82, 2.24) is 19.8 Å². The maximum Gasteiger partial charge on any atom is 0.258 e. The number of fused-ring (bicyclic) bond motifs is 3. The first-order valence-corrected chi connectivity index (χ1v) is 11.4. The van der Waals surface area contributed by atoms with Gasteiger partial charge in [0, 0.05) is 62.0 Å². The number of aromatic amines is 1. The van der Waals surface area contributed by atoms with Gasteiger partial charge in [-0.2, -0.15) is 0 Å². The lowest BCUT2D eigenvalue weighted by Gasteiger charge is -2.34. The number of benzene rings is 1. The molecule has 2 saturated heterocycles. The van der Waals surface area contributed by atoms with Crippen LogP contribution in [0.3, 0.4) is 0 Å². The summed E-state index contributed by atoms with van der Waals surface area (Å²) in [5.74, 6) is 0.330. The van der Waals surface area contributed by atoms with E-state index in [0.717, 1.165) is 25.8 Å². The van der Waals surface area contributed by atoms with E-state index in [0.29, 0.717) is 60.0 Å². The van der Waals surface area contributed by atoms with Gasteiger partial charge >= 0.3 is 0 Å². The van der Waals surface area contributed by atoms with Crippen molar-refractivity contribution in [3.63, 3.8) is 0 Å². The molecule has 2 aliphatic heterocycles. The first-order valence-electron chi connectivity index (χ1n) is 11.4. The summed E-state index contributed by atoms with van der Waals surface area (Å²) >= 11 is 0. The summed E-state index contributed by atoms with van der Waals surface area (Å²) in [5.41, 5.74) is 0.173. The second kappa shape index (κ2) is 8.80. The number of aromatic nitrogens is 2. The van der Waals surface area contributed by atoms with Gasteiger partial charge in [0.05, 0.1) is 10.9 Å². The van der Waals surface area contributed by atoms with Gasteiger partial charge in [-0.3, -0.25) is 14.4 Å². The average molecular weight is 452 g/mol. The monoisotopic (exact) mass is 451 g/mol. The molecule has 0 bridgehead atoms. The molecule has 0 spiro atoms. The van der Waals surface area contributed by atoms with Gasteiger partial charge in [-0.15, -0.1) is 0 Å². The summed E-state index contributed by atoms with van der Waals surface area (Å²) in [5, 5.41) is 4.96. The minimum atomic E-state index is -0.421. The molecule has 8 nitrogen and oxygen atoms in total. The van der Waals surface area contributed by atoms with Crippen molar-refractivity contribution in [1.29, 1.82) is 0 Å². The number of anilines is 1. The number of carbonyl (C=O) groups is 2. The van der Waals surface area contributed by atoms with E-state index >= 15 is 0 Å². The molecule has 2 N–H and O–H groups in total. The van der Waals surface area contributed by atoms with Crippen molar-refractivity contribution in [3.05, 3.63) is 46.6 Å². The Hall–Kier alpha value is -3.49. The molecule has 4 heterocycles. The molecule has 172 valence electrons. The third-order valence-electron chi connectivity index (χ3n) is 6.56. The number of nitrogens with zero attached hydrogens (tertiary/aromatic N) is 3. The highest BCUT2D eigenvalue weighted by Gasteiger charge is 2.26. The first kappa shape index (κ1) is 21.4. The summed E-state index contributed by atoms with van der Waals surface area (Å²) in [7, 11) is 0. The number of amides is 2. The lowest BCUT2D eigenvalue weighted by atomic mass is 10.0. The van der Waals surface area contributed by atoms with E-state index in [9.17, 15) is 18.8 Å². The molecule has 0 aliphatic carbocycles. The number of pyridine rings is 2. The van der Waals surface area contributed by atoms with Gasteiger partial charge in [-0.05, 0) is 43.5 Å². The molecule has 33 heavy (non-hydrogen) atoms. The number of nitrogens with one attached hydrogen (secondary N) is 2. The van der Waals surface area contributed by atoms with E-state index in [1.807, 2.05) is 4.90 Å². The molecule has 0 unspecified atom stereocenters. The van der Waals surface area contributed by atoms with Crippen molar-refractivity contribution in [2.45, 2.75) is 38.1 Å². The molecule has 5 rings (SSSR count). The fourth-order valence-electron chi connectivity index (χ4n) is 4.89. The second-order valence-corrected chi connectivity index (χ2v) is 8.77. The Labute approximate surface area is 189 Å². The number of piperidine rings is 1. The molecule has 9 heteroatoms. The van der Waals surface area contributed by atoms with Crippen LogP contribution in [0.4, 0.5) is 10.2 Å². The lowest BCUT2D eigenvalue weighted by molar-refractivity contribution is -0.133. The number of rotatable bonds is 5. The second-order valence-electron chi connectivity index (χ2n) is 8.77. The van der Waals surface area contributed by atoms with Crippen molar-refractivity contribution < 1.29 is 14.0 Å². The summed E-state index contributed by atoms with van der Waals surface area (Å²) in [6.07, 6.45) is 5.02. The zero-order valence-electron chi connectivity index (χ0n) is 18.3. The predicted octanol–water partition coefficient (Wildman–Crippen LogP) is 2.63. The fourth-order valence-corrected chi connectivity index (χ4v) is 4.89.